The summed E-state index contributed by atoms with van der Waals surface area (Å²) < 4.78 is 38.1. The fraction of sp³-hybridized carbons (Fsp3) is 0.788. The summed E-state index contributed by atoms with van der Waals surface area (Å²) in [5, 5.41) is 25.2. The number of carbonyl (C=O) groups excluding carboxylic acids is 1. The molecule has 0 unspecified atom stereocenters. The molecule has 9 nitrogen and oxygen atoms in total. The fourth-order valence-electron chi connectivity index (χ4n) is 10.8. The summed E-state index contributed by atoms with van der Waals surface area (Å²) in [5.41, 5.74) is 0.329. The maximum Gasteiger partial charge on any atom is 0.328 e. The van der Waals surface area contributed by atoms with E-state index in [1.807, 2.05) is 0 Å². The van der Waals surface area contributed by atoms with E-state index in [4.69, 9.17) is 9.47 Å². The van der Waals surface area contributed by atoms with Gasteiger partial charge in [0.2, 0.25) is 6.79 Å². The van der Waals surface area contributed by atoms with Crippen LogP contribution in [0.2, 0.25) is 0 Å². The van der Waals surface area contributed by atoms with Gasteiger partial charge in [-0.25, -0.2) is 17.9 Å². The quantitative estimate of drug-likeness (QED) is 0.336. The third-order valence-corrected chi connectivity index (χ3v) is 14.2. The number of hydrogen-bond acceptors (Lipinski definition) is 7. The van der Waals surface area contributed by atoms with E-state index in [0.29, 0.717) is 53.6 Å². The minimum Gasteiger partial charge on any atom is -0.454 e. The normalized spacial score (nSPS) is 40.6. The van der Waals surface area contributed by atoms with Crippen molar-refractivity contribution in [1.29, 1.82) is 0 Å². The number of rotatable bonds is 7. The Morgan fingerprint density at radius 3 is 2.51 bits per heavy atom. The van der Waals surface area contributed by atoms with E-state index in [9.17, 15) is 23.4 Å². The highest BCUT2D eigenvalue weighted by atomic mass is 32.2. The van der Waals surface area contributed by atoms with Crippen LogP contribution in [0.15, 0.2) is 23.1 Å². The van der Waals surface area contributed by atoms with Crippen LogP contribution in [0, 0.1) is 52.3 Å². The molecule has 1 heterocycles. The van der Waals surface area contributed by atoms with Gasteiger partial charge >= 0.3 is 6.03 Å². The lowest BCUT2D eigenvalue weighted by Crippen LogP contribution is -2.62. The van der Waals surface area contributed by atoms with Crippen LogP contribution in [0.5, 0.6) is 11.5 Å². The van der Waals surface area contributed by atoms with Crippen LogP contribution in [0.4, 0.5) is 4.79 Å². The summed E-state index contributed by atoms with van der Waals surface area (Å²) in [5.74, 6) is 3.60. The zero-order chi connectivity index (χ0) is 30.7. The van der Waals surface area contributed by atoms with Gasteiger partial charge in [-0.1, -0.05) is 34.1 Å². The number of benzene rings is 1. The van der Waals surface area contributed by atoms with Crippen molar-refractivity contribution < 1.29 is 32.9 Å². The zero-order valence-electron chi connectivity index (χ0n) is 26.1. The average Bonchev–Trinajstić information content (AvgIpc) is 3.57. The third kappa shape index (κ3) is 5.23. The zero-order valence-corrected chi connectivity index (χ0v) is 26.9. The molecular formula is C33H50N2O7S. The van der Waals surface area contributed by atoms with E-state index in [2.05, 4.69) is 37.7 Å². The molecular weight excluding hydrogens is 568 g/mol. The number of aliphatic hydroxyl groups is 2. The molecule has 0 saturated heterocycles. The summed E-state index contributed by atoms with van der Waals surface area (Å²) in [4.78, 5) is 12.5. The number of nitrogens with one attached hydrogen (secondary N) is 2. The molecule has 43 heavy (non-hydrogen) atoms. The molecule has 4 N–H and O–H groups in total. The second-order valence-electron chi connectivity index (χ2n) is 14.8. The smallest absolute Gasteiger partial charge is 0.328 e. The molecule has 4 saturated carbocycles. The number of aliphatic hydroxyl groups excluding tert-OH is 2. The van der Waals surface area contributed by atoms with Crippen molar-refractivity contribution in [3.63, 3.8) is 0 Å². The molecule has 1 aromatic rings. The van der Waals surface area contributed by atoms with Gasteiger partial charge in [0, 0.05) is 12.6 Å². The number of amides is 2. The minimum absolute atomic E-state index is 0.0393. The van der Waals surface area contributed by atoms with Gasteiger partial charge in [-0.3, -0.25) is 0 Å². The highest BCUT2D eigenvalue weighted by molar-refractivity contribution is 7.90. The lowest BCUT2D eigenvalue weighted by Gasteiger charge is -2.64. The third-order valence-electron chi connectivity index (χ3n) is 12.9. The van der Waals surface area contributed by atoms with Crippen LogP contribution in [0.1, 0.15) is 85.5 Å². The van der Waals surface area contributed by atoms with Gasteiger partial charge in [0.1, 0.15) is 0 Å². The van der Waals surface area contributed by atoms with Crippen molar-refractivity contribution in [2.75, 3.05) is 13.3 Å². The molecule has 1 aliphatic heterocycles. The van der Waals surface area contributed by atoms with Gasteiger partial charge in [-0.05, 0) is 116 Å². The summed E-state index contributed by atoms with van der Waals surface area (Å²) >= 11 is 0. The highest BCUT2D eigenvalue weighted by Crippen LogP contribution is 2.69. The Labute approximate surface area is 256 Å². The number of hydrogen-bond donors (Lipinski definition) is 4. The van der Waals surface area contributed by atoms with Crippen molar-refractivity contribution in [1.82, 2.24) is 10.0 Å². The molecule has 0 spiro atoms. The fourth-order valence-corrected chi connectivity index (χ4v) is 11.8. The second kappa shape index (κ2) is 11.4. The average molecular weight is 619 g/mol. The number of fused-ring (bicyclic) bond motifs is 6. The molecule has 0 bridgehead atoms. The molecule has 1 aromatic carbocycles. The van der Waals surface area contributed by atoms with Crippen LogP contribution >= 0.6 is 0 Å². The SMILES string of the molecule is CC[C@H]1[C@@H](O)[C@@H]2[C@H](CC[C@]3(C)[C@@H]([C@H](C)CCNC(=O)NS(=O)(=O)c4ccc5c(c4)OCO5)CC[C@@H]23)[C@@]2(C)CC[C@@H](O)C[C@@H]12. The first-order valence-electron chi connectivity index (χ1n) is 16.5. The van der Waals surface area contributed by atoms with Crippen molar-refractivity contribution >= 4 is 16.1 Å². The van der Waals surface area contributed by atoms with Crippen molar-refractivity contribution in [2.24, 2.45) is 52.3 Å². The molecule has 6 rings (SSSR count). The Morgan fingerprint density at radius 2 is 1.74 bits per heavy atom. The Morgan fingerprint density at radius 1 is 1.02 bits per heavy atom. The highest BCUT2D eigenvalue weighted by Gasteiger charge is 2.64. The van der Waals surface area contributed by atoms with Gasteiger partial charge in [0.25, 0.3) is 10.0 Å². The number of urea groups is 1. The van der Waals surface area contributed by atoms with Crippen LogP contribution in [-0.2, 0) is 10.0 Å². The molecule has 4 aliphatic carbocycles. The Hall–Kier alpha value is -2.04. The number of carbonyl (C=O) groups is 1. The molecule has 10 heteroatoms. The molecule has 4 fully saturated rings. The lowest BCUT2D eigenvalue weighted by molar-refractivity contribution is -0.203. The number of ether oxygens (including phenoxy) is 2. The van der Waals surface area contributed by atoms with Crippen LogP contribution in [-0.4, -0.2) is 50.2 Å². The topological polar surface area (TPSA) is 134 Å². The molecule has 0 aromatic heterocycles. The first-order chi connectivity index (χ1) is 20.4. The summed E-state index contributed by atoms with van der Waals surface area (Å²) in [7, 11) is -4.05. The second-order valence-corrected chi connectivity index (χ2v) is 16.4. The van der Waals surface area contributed by atoms with E-state index in [1.165, 1.54) is 18.2 Å². The summed E-state index contributed by atoms with van der Waals surface area (Å²) in [6.45, 7) is 9.82. The molecule has 240 valence electrons. The van der Waals surface area contributed by atoms with Crippen molar-refractivity contribution in [2.45, 2.75) is 103 Å². The van der Waals surface area contributed by atoms with Crippen molar-refractivity contribution in [3.8, 4) is 11.5 Å². The van der Waals surface area contributed by atoms with Crippen molar-refractivity contribution in [3.05, 3.63) is 18.2 Å². The van der Waals surface area contributed by atoms with E-state index in [0.717, 1.165) is 57.8 Å². The first-order valence-corrected chi connectivity index (χ1v) is 17.9. The maximum absolute atomic E-state index is 12.8. The lowest BCUT2D eigenvalue weighted by atomic mass is 9.41. The monoisotopic (exact) mass is 618 g/mol. The minimum atomic E-state index is -4.05. The van der Waals surface area contributed by atoms with E-state index < -0.39 is 16.1 Å². The largest absolute Gasteiger partial charge is 0.454 e. The standard InChI is InChI=1S/C33H50N2O7S/c1-5-22-26-16-20(36)10-13-33(26,4)25-11-14-32(3)23(7-8-24(32)29(25)30(22)37)19(2)12-15-34-31(38)35-43(39,40)21-6-9-27-28(17-21)42-18-41-27/h6,9,17,19-20,22-26,29-30,36-37H,5,7-8,10-16,18H2,1-4H3,(H2,34,35,38)/t19-,20-,22-,23-,24+,25+,26+,29+,30-,32-,33-/m1/s1. The van der Waals surface area contributed by atoms with Crippen LogP contribution < -0.4 is 19.5 Å². The van der Waals surface area contributed by atoms with Crippen LogP contribution in [0.3, 0.4) is 0 Å². The summed E-state index contributed by atoms with van der Waals surface area (Å²) in [6, 6.07) is 3.53. The van der Waals surface area contributed by atoms with Gasteiger partial charge in [0.15, 0.2) is 11.5 Å². The molecule has 5 aliphatic rings. The van der Waals surface area contributed by atoms with E-state index >= 15 is 0 Å². The van der Waals surface area contributed by atoms with Crippen LogP contribution in [0.25, 0.3) is 0 Å². The van der Waals surface area contributed by atoms with E-state index in [1.54, 1.807) is 0 Å². The van der Waals surface area contributed by atoms with Gasteiger partial charge in [-0.15, -0.1) is 0 Å². The predicted molar refractivity (Wildman–Crippen MR) is 162 cm³/mol. The Bertz CT molecular complexity index is 1320. The van der Waals surface area contributed by atoms with Gasteiger partial charge < -0.3 is 25.0 Å². The molecule has 0 radical (unpaired) electrons. The maximum atomic E-state index is 12.8. The number of sulfonamides is 1. The summed E-state index contributed by atoms with van der Waals surface area (Å²) in [6.07, 6.45) is 8.48. The van der Waals surface area contributed by atoms with E-state index in [-0.39, 0.29) is 40.6 Å². The first kappa shape index (κ1) is 31.0. The predicted octanol–water partition coefficient (Wildman–Crippen LogP) is 5.06. The molecule has 11 atom stereocenters. The Kier molecular flexibility index (Phi) is 8.20. The Balaban J connectivity index is 1.07. The van der Waals surface area contributed by atoms with Gasteiger partial charge in [0.05, 0.1) is 17.1 Å². The van der Waals surface area contributed by atoms with Gasteiger partial charge in [-0.2, -0.15) is 0 Å². The molecule has 2 amide bonds.